The van der Waals surface area contributed by atoms with Crippen LogP contribution in [0.1, 0.15) is 23.2 Å². The molecule has 6 nitrogen and oxygen atoms in total. The summed E-state index contributed by atoms with van der Waals surface area (Å²) in [6.07, 6.45) is 5.29. The highest BCUT2D eigenvalue weighted by Crippen LogP contribution is 2.20. The van der Waals surface area contributed by atoms with Gasteiger partial charge in [-0.3, -0.25) is 0 Å². The number of nitrogens with one attached hydrogen (secondary N) is 2. The summed E-state index contributed by atoms with van der Waals surface area (Å²) in [7, 11) is 3.88. The fourth-order valence-corrected chi connectivity index (χ4v) is 3.04. The third-order valence-electron chi connectivity index (χ3n) is 4.41. The van der Waals surface area contributed by atoms with Crippen molar-refractivity contribution < 1.29 is 4.79 Å². The minimum atomic E-state index is -0.102. The fourth-order valence-electron chi connectivity index (χ4n) is 3.04. The number of urea groups is 1. The highest BCUT2D eigenvalue weighted by Gasteiger charge is 2.22. The van der Waals surface area contributed by atoms with Gasteiger partial charge in [-0.25, -0.2) is 14.8 Å². The van der Waals surface area contributed by atoms with E-state index in [9.17, 15) is 4.79 Å². The van der Waals surface area contributed by atoms with Crippen LogP contribution < -0.4 is 15.5 Å². The molecular formula is C19H25N5O. The van der Waals surface area contributed by atoms with Crippen molar-refractivity contribution in [3.8, 4) is 0 Å². The second-order valence-corrected chi connectivity index (χ2v) is 6.61. The Labute approximate surface area is 148 Å². The minimum Gasteiger partial charge on any atom is -0.347 e. The molecule has 0 radical (unpaired) electrons. The van der Waals surface area contributed by atoms with Gasteiger partial charge in [-0.1, -0.05) is 30.3 Å². The van der Waals surface area contributed by atoms with E-state index in [4.69, 9.17) is 0 Å². The Morgan fingerprint density at radius 1 is 1.28 bits per heavy atom. The Bertz CT molecular complexity index is 717. The van der Waals surface area contributed by atoms with Crippen LogP contribution in [0.5, 0.6) is 0 Å². The summed E-state index contributed by atoms with van der Waals surface area (Å²) in [5.41, 5.74) is 3.45. The molecule has 0 bridgehead atoms. The van der Waals surface area contributed by atoms with Gasteiger partial charge in [0.1, 0.15) is 0 Å². The van der Waals surface area contributed by atoms with Gasteiger partial charge < -0.3 is 15.5 Å². The van der Waals surface area contributed by atoms with E-state index in [1.165, 1.54) is 5.56 Å². The normalized spacial score (nSPS) is 16.0. The van der Waals surface area contributed by atoms with Crippen molar-refractivity contribution in [3.63, 3.8) is 0 Å². The van der Waals surface area contributed by atoms with Crippen LogP contribution in [0.3, 0.4) is 0 Å². The fraction of sp³-hybridized carbons (Fsp3) is 0.421. The first-order chi connectivity index (χ1) is 12.1. The third-order valence-corrected chi connectivity index (χ3v) is 4.41. The third kappa shape index (κ3) is 4.68. The van der Waals surface area contributed by atoms with Crippen molar-refractivity contribution in [2.24, 2.45) is 0 Å². The van der Waals surface area contributed by atoms with Crippen LogP contribution in [-0.4, -0.2) is 42.7 Å². The molecule has 0 saturated carbocycles. The number of carbonyl (C=O) groups is 1. The number of aryl methyl sites for hydroxylation is 1. The van der Waals surface area contributed by atoms with Crippen molar-refractivity contribution in [2.75, 3.05) is 25.5 Å². The second-order valence-electron chi connectivity index (χ2n) is 6.61. The lowest BCUT2D eigenvalue weighted by Gasteiger charge is -2.25. The Morgan fingerprint density at radius 2 is 2.08 bits per heavy atom. The van der Waals surface area contributed by atoms with Gasteiger partial charge in [0.25, 0.3) is 0 Å². The van der Waals surface area contributed by atoms with Crippen molar-refractivity contribution in [1.82, 2.24) is 20.6 Å². The SMILES string of the molecule is CN(C)c1ncc2c(n1)CCC(NC(=O)NCCc1ccccc1)C2. The largest absolute Gasteiger partial charge is 0.347 e. The van der Waals surface area contributed by atoms with Crippen LogP contribution >= 0.6 is 0 Å². The number of hydrogen-bond acceptors (Lipinski definition) is 4. The second kappa shape index (κ2) is 7.96. The summed E-state index contributed by atoms with van der Waals surface area (Å²) in [4.78, 5) is 23.0. The number of rotatable bonds is 5. The van der Waals surface area contributed by atoms with Crippen molar-refractivity contribution in [3.05, 3.63) is 53.3 Å². The van der Waals surface area contributed by atoms with Gasteiger partial charge in [-0.2, -0.15) is 0 Å². The van der Waals surface area contributed by atoms with E-state index in [1.54, 1.807) is 0 Å². The first-order valence-electron chi connectivity index (χ1n) is 8.72. The Hall–Kier alpha value is -2.63. The molecule has 25 heavy (non-hydrogen) atoms. The zero-order valence-electron chi connectivity index (χ0n) is 14.8. The average Bonchev–Trinajstić information content (AvgIpc) is 2.62. The maximum atomic E-state index is 12.1. The van der Waals surface area contributed by atoms with E-state index in [-0.39, 0.29) is 12.1 Å². The molecule has 1 unspecified atom stereocenters. The Morgan fingerprint density at radius 3 is 2.84 bits per heavy atom. The highest BCUT2D eigenvalue weighted by atomic mass is 16.2. The van der Waals surface area contributed by atoms with Gasteiger partial charge in [-0.05, 0) is 36.8 Å². The first kappa shape index (κ1) is 17.2. The van der Waals surface area contributed by atoms with Crippen LogP contribution in [0.15, 0.2) is 36.5 Å². The number of fused-ring (bicyclic) bond motifs is 1. The van der Waals surface area contributed by atoms with Crippen LogP contribution in [0.4, 0.5) is 10.7 Å². The summed E-state index contributed by atoms with van der Waals surface area (Å²) < 4.78 is 0. The maximum Gasteiger partial charge on any atom is 0.315 e. The topological polar surface area (TPSA) is 70.2 Å². The van der Waals surface area contributed by atoms with E-state index >= 15 is 0 Å². The molecule has 3 rings (SSSR count). The molecule has 1 aliphatic carbocycles. The predicted octanol–water partition coefficient (Wildman–Crippen LogP) is 1.94. The van der Waals surface area contributed by atoms with E-state index < -0.39 is 0 Å². The molecule has 0 saturated heterocycles. The van der Waals surface area contributed by atoms with Gasteiger partial charge in [0, 0.05) is 38.6 Å². The number of anilines is 1. The number of carbonyl (C=O) groups excluding carboxylic acids is 1. The zero-order chi connectivity index (χ0) is 17.6. The molecule has 1 atom stereocenters. The van der Waals surface area contributed by atoms with Crippen LogP contribution in [0.2, 0.25) is 0 Å². The number of benzene rings is 1. The lowest BCUT2D eigenvalue weighted by atomic mass is 9.93. The number of nitrogens with zero attached hydrogens (tertiary/aromatic N) is 3. The molecule has 6 heteroatoms. The van der Waals surface area contributed by atoms with Crippen LogP contribution in [-0.2, 0) is 19.3 Å². The van der Waals surface area contributed by atoms with Crippen molar-refractivity contribution >= 4 is 12.0 Å². The maximum absolute atomic E-state index is 12.1. The molecule has 1 aromatic carbocycles. The Kier molecular flexibility index (Phi) is 5.48. The summed E-state index contributed by atoms with van der Waals surface area (Å²) in [6.45, 7) is 0.633. The van der Waals surface area contributed by atoms with Crippen LogP contribution in [0.25, 0.3) is 0 Å². The molecular weight excluding hydrogens is 314 g/mol. The lowest BCUT2D eigenvalue weighted by Crippen LogP contribution is -2.45. The van der Waals surface area contributed by atoms with E-state index in [0.29, 0.717) is 6.54 Å². The highest BCUT2D eigenvalue weighted by molar-refractivity contribution is 5.74. The van der Waals surface area contributed by atoms with Crippen molar-refractivity contribution in [2.45, 2.75) is 31.7 Å². The van der Waals surface area contributed by atoms with Crippen LogP contribution in [0, 0.1) is 0 Å². The van der Waals surface area contributed by atoms with Gasteiger partial charge in [-0.15, -0.1) is 0 Å². The summed E-state index contributed by atoms with van der Waals surface area (Å²) in [5.74, 6) is 0.740. The molecule has 2 aromatic rings. The monoisotopic (exact) mass is 339 g/mol. The van der Waals surface area contributed by atoms with Crippen molar-refractivity contribution in [1.29, 1.82) is 0 Å². The molecule has 0 fully saturated rings. The van der Waals surface area contributed by atoms with Gasteiger partial charge in [0.15, 0.2) is 0 Å². The first-order valence-corrected chi connectivity index (χ1v) is 8.72. The van der Waals surface area contributed by atoms with E-state index in [0.717, 1.165) is 42.9 Å². The molecule has 1 aromatic heterocycles. The molecule has 1 aliphatic rings. The molecule has 2 N–H and O–H groups in total. The van der Waals surface area contributed by atoms with E-state index in [2.05, 4.69) is 32.7 Å². The smallest absolute Gasteiger partial charge is 0.315 e. The molecule has 0 aliphatic heterocycles. The Balaban J connectivity index is 1.47. The molecule has 1 heterocycles. The van der Waals surface area contributed by atoms with Gasteiger partial charge in [0.2, 0.25) is 5.95 Å². The zero-order valence-corrected chi connectivity index (χ0v) is 14.8. The quantitative estimate of drug-likeness (QED) is 0.873. The summed E-state index contributed by atoms with van der Waals surface area (Å²) >= 11 is 0. The minimum absolute atomic E-state index is 0.102. The van der Waals surface area contributed by atoms with Gasteiger partial charge >= 0.3 is 6.03 Å². The molecule has 0 spiro atoms. The molecule has 2 amide bonds. The van der Waals surface area contributed by atoms with E-state index in [1.807, 2.05) is 43.4 Å². The average molecular weight is 339 g/mol. The summed E-state index contributed by atoms with van der Waals surface area (Å²) in [6, 6.07) is 10.2. The lowest BCUT2D eigenvalue weighted by molar-refractivity contribution is 0.235. The summed E-state index contributed by atoms with van der Waals surface area (Å²) in [5, 5.41) is 6.01. The van der Waals surface area contributed by atoms with Gasteiger partial charge in [0.05, 0.1) is 0 Å². The standard InChI is InChI=1S/C19H25N5O/c1-24(2)18-21-13-15-12-16(8-9-17(15)23-18)22-19(25)20-11-10-14-6-4-3-5-7-14/h3-7,13,16H,8-12H2,1-2H3,(H2,20,22,25). The predicted molar refractivity (Wildman–Crippen MR) is 98.9 cm³/mol. The number of amides is 2. The molecule has 132 valence electrons. The number of aromatic nitrogens is 2. The number of hydrogen-bond donors (Lipinski definition) is 2.